The van der Waals surface area contributed by atoms with E-state index >= 15 is 0 Å². The standard InChI is InChI=1S/C25H18Cl2N2O2/c26-23-13-10-18(14-24(23)27)16-31-20-11-8-17(9-12-20)15-28-29-25(30)22-7-3-5-19-4-1-2-6-21(19)22/h1-15H,16H2,(H,29,30)/b28-15-. The highest BCUT2D eigenvalue weighted by atomic mass is 35.5. The number of nitrogens with one attached hydrogen (secondary N) is 1. The highest BCUT2D eigenvalue weighted by Gasteiger charge is 2.08. The summed E-state index contributed by atoms with van der Waals surface area (Å²) in [5, 5.41) is 6.99. The van der Waals surface area contributed by atoms with Crippen LogP contribution in [0, 0.1) is 0 Å². The molecule has 4 aromatic rings. The third-order valence-corrected chi connectivity index (χ3v) is 5.42. The number of halogens is 2. The third-order valence-electron chi connectivity index (χ3n) is 4.68. The fourth-order valence-electron chi connectivity index (χ4n) is 3.10. The molecule has 0 radical (unpaired) electrons. The van der Waals surface area contributed by atoms with Gasteiger partial charge < -0.3 is 4.74 Å². The van der Waals surface area contributed by atoms with Crippen molar-refractivity contribution < 1.29 is 9.53 Å². The van der Waals surface area contributed by atoms with Crippen molar-refractivity contribution in [1.29, 1.82) is 0 Å². The summed E-state index contributed by atoms with van der Waals surface area (Å²) < 4.78 is 5.77. The molecule has 0 saturated heterocycles. The summed E-state index contributed by atoms with van der Waals surface area (Å²) in [4.78, 5) is 12.5. The van der Waals surface area contributed by atoms with Gasteiger partial charge in [0.1, 0.15) is 12.4 Å². The van der Waals surface area contributed by atoms with Crippen LogP contribution in [-0.2, 0) is 6.61 Å². The van der Waals surface area contributed by atoms with E-state index in [0.717, 1.165) is 21.9 Å². The Hall–Kier alpha value is -3.34. The molecule has 0 saturated carbocycles. The van der Waals surface area contributed by atoms with Crippen molar-refractivity contribution in [3.63, 3.8) is 0 Å². The van der Waals surface area contributed by atoms with Gasteiger partial charge in [-0.25, -0.2) is 5.43 Å². The largest absolute Gasteiger partial charge is 0.489 e. The van der Waals surface area contributed by atoms with Crippen molar-refractivity contribution in [2.75, 3.05) is 0 Å². The normalized spacial score (nSPS) is 11.0. The summed E-state index contributed by atoms with van der Waals surface area (Å²) in [6, 6.07) is 26.2. The maximum absolute atomic E-state index is 12.5. The van der Waals surface area contributed by atoms with Crippen molar-refractivity contribution in [2.24, 2.45) is 5.10 Å². The topological polar surface area (TPSA) is 50.7 Å². The summed E-state index contributed by atoms with van der Waals surface area (Å²) in [7, 11) is 0. The summed E-state index contributed by atoms with van der Waals surface area (Å²) in [6.07, 6.45) is 1.59. The number of carbonyl (C=O) groups excluding carboxylic acids is 1. The van der Waals surface area contributed by atoms with E-state index in [9.17, 15) is 4.79 Å². The van der Waals surface area contributed by atoms with Gasteiger partial charge in [-0.2, -0.15) is 5.10 Å². The molecular formula is C25H18Cl2N2O2. The minimum atomic E-state index is -0.255. The molecule has 0 aromatic heterocycles. The molecule has 4 nitrogen and oxygen atoms in total. The van der Waals surface area contributed by atoms with E-state index in [0.29, 0.717) is 28.0 Å². The first-order valence-corrected chi connectivity index (χ1v) is 10.3. The average molecular weight is 449 g/mol. The van der Waals surface area contributed by atoms with Gasteiger partial charge in [0.25, 0.3) is 5.91 Å². The fraction of sp³-hybridized carbons (Fsp3) is 0.0400. The molecule has 0 fully saturated rings. The monoisotopic (exact) mass is 448 g/mol. The van der Waals surface area contributed by atoms with Crippen LogP contribution in [0.1, 0.15) is 21.5 Å². The molecule has 4 aromatic carbocycles. The molecule has 6 heteroatoms. The molecule has 0 spiro atoms. The van der Waals surface area contributed by atoms with E-state index in [1.54, 1.807) is 24.4 Å². The molecule has 0 heterocycles. The number of hydrazone groups is 1. The Morgan fingerprint density at radius 1 is 0.903 bits per heavy atom. The molecular weight excluding hydrogens is 431 g/mol. The van der Waals surface area contributed by atoms with Crippen LogP contribution < -0.4 is 10.2 Å². The molecule has 4 rings (SSSR count). The van der Waals surface area contributed by atoms with Crippen LogP contribution in [0.25, 0.3) is 10.8 Å². The second-order valence-electron chi connectivity index (χ2n) is 6.83. The zero-order valence-corrected chi connectivity index (χ0v) is 17.9. The van der Waals surface area contributed by atoms with Crippen molar-refractivity contribution in [3.05, 3.63) is 112 Å². The van der Waals surface area contributed by atoms with Crippen molar-refractivity contribution in [3.8, 4) is 5.75 Å². The first-order valence-electron chi connectivity index (χ1n) is 9.58. The Balaban J connectivity index is 1.35. The first kappa shape index (κ1) is 20.9. The van der Waals surface area contributed by atoms with Crippen LogP contribution in [-0.4, -0.2) is 12.1 Å². The van der Waals surface area contributed by atoms with E-state index in [1.165, 1.54) is 0 Å². The molecule has 0 aliphatic heterocycles. The number of hydrogen-bond donors (Lipinski definition) is 1. The molecule has 1 amide bonds. The number of rotatable bonds is 6. The van der Waals surface area contributed by atoms with Gasteiger partial charge >= 0.3 is 0 Å². The van der Waals surface area contributed by atoms with Gasteiger partial charge in [0, 0.05) is 5.56 Å². The van der Waals surface area contributed by atoms with Gasteiger partial charge in [-0.05, 0) is 64.4 Å². The molecule has 0 atom stereocenters. The van der Waals surface area contributed by atoms with E-state index in [1.807, 2.05) is 66.7 Å². The van der Waals surface area contributed by atoms with Gasteiger partial charge in [-0.1, -0.05) is 65.7 Å². The maximum Gasteiger partial charge on any atom is 0.271 e. The number of benzene rings is 4. The predicted octanol–water partition coefficient (Wildman–Crippen LogP) is 6.49. The average Bonchev–Trinajstić information content (AvgIpc) is 2.80. The second-order valence-corrected chi connectivity index (χ2v) is 7.65. The summed E-state index contributed by atoms with van der Waals surface area (Å²) in [6.45, 7) is 0.380. The van der Waals surface area contributed by atoms with Gasteiger partial charge in [-0.15, -0.1) is 0 Å². The molecule has 0 aliphatic carbocycles. The molecule has 154 valence electrons. The number of amides is 1. The zero-order valence-electron chi connectivity index (χ0n) is 16.4. The van der Waals surface area contributed by atoms with Crippen LogP contribution in [0.4, 0.5) is 0 Å². The van der Waals surface area contributed by atoms with Crippen LogP contribution in [0.2, 0.25) is 10.0 Å². The summed E-state index contributed by atoms with van der Waals surface area (Å²) in [5.74, 6) is 0.456. The fourth-order valence-corrected chi connectivity index (χ4v) is 3.42. The highest BCUT2D eigenvalue weighted by Crippen LogP contribution is 2.23. The van der Waals surface area contributed by atoms with E-state index in [2.05, 4.69) is 10.5 Å². The van der Waals surface area contributed by atoms with Gasteiger partial charge in [0.2, 0.25) is 0 Å². The lowest BCUT2D eigenvalue weighted by Crippen LogP contribution is -2.17. The number of fused-ring (bicyclic) bond motifs is 1. The number of ether oxygens (including phenoxy) is 1. The number of hydrogen-bond acceptors (Lipinski definition) is 3. The van der Waals surface area contributed by atoms with E-state index in [4.69, 9.17) is 27.9 Å². The molecule has 1 N–H and O–H groups in total. The molecule has 0 aliphatic rings. The number of carbonyl (C=O) groups is 1. The lowest BCUT2D eigenvalue weighted by Gasteiger charge is -2.07. The SMILES string of the molecule is O=C(N/N=C\c1ccc(OCc2ccc(Cl)c(Cl)c2)cc1)c1cccc2ccccc12. The highest BCUT2D eigenvalue weighted by molar-refractivity contribution is 6.42. The molecule has 0 bridgehead atoms. The van der Waals surface area contributed by atoms with E-state index < -0.39 is 0 Å². The van der Waals surface area contributed by atoms with Gasteiger partial charge in [0.05, 0.1) is 16.3 Å². The maximum atomic E-state index is 12.5. The van der Waals surface area contributed by atoms with E-state index in [-0.39, 0.29) is 5.91 Å². The smallest absolute Gasteiger partial charge is 0.271 e. The first-order chi connectivity index (χ1) is 15.1. The van der Waals surface area contributed by atoms with Crippen molar-refractivity contribution >= 4 is 46.1 Å². The zero-order chi connectivity index (χ0) is 21.6. The van der Waals surface area contributed by atoms with Gasteiger partial charge in [-0.3, -0.25) is 4.79 Å². The number of nitrogens with zero attached hydrogens (tertiary/aromatic N) is 1. The summed E-state index contributed by atoms with van der Waals surface area (Å²) in [5.41, 5.74) is 4.93. The molecule has 31 heavy (non-hydrogen) atoms. The van der Waals surface area contributed by atoms with Crippen molar-refractivity contribution in [1.82, 2.24) is 5.43 Å². The van der Waals surface area contributed by atoms with Crippen molar-refractivity contribution in [2.45, 2.75) is 6.61 Å². The van der Waals surface area contributed by atoms with Crippen LogP contribution in [0.15, 0.2) is 90.0 Å². The molecule has 0 unspecified atom stereocenters. The Labute approximate surface area is 190 Å². The van der Waals surface area contributed by atoms with Gasteiger partial charge in [0.15, 0.2) is 0 Å². The summed E-state index contributed by atoms with van der Waals surface area (Å²) >= 11 is 11.9. The van der Waals surface area contributed by atoms with Crippen LogP contribution >= 0.6 is 23.2 Å². The predicted molar refractivity (Wildman–Crippen MR) is 126 cm³/mol. The third kappa shape index (κ3) is 5.23. The minimum absolute atomic E-state index is 0.255. The lowest BCUT2D eigenvalue weighted by atomic mass is 10.0. The van der Waals surface area contributed by atoms with Crippen LogP contribution in [0.3, 0.4) is 0 Å². The quantitative estimate of drug-likeness (QED) is 0.270. The Morgan fingerprint density at radius 3 is 2.48 bits per heavy atom. The Kier molecular flexibility index (Phi) is 6.51. The Bertz CT molecular complexity index is 1250. The van der Waals surface area contributed by atoms with Crippen LogP contribution in [0.5, 0.6) is 5.75 Å². The lowest BCUT2D eigenvalue weighted by molar-refractivity contribution is 0.0957. The Morgan fingerprint density at radius 2 is 1.68 bits per heavy atom. The second kappa shape index (κ2) is 9.65. The minimum Gasteiger partial charge on any atom is -0.489 e.